The Bertz CT molecular complexity index is 397. The van der Waals surface area contributed by atoms with Crippen LogP contribution >= 0.6 is 0 Å². The van der Waals surface area contributed by atoms with Crippen LogP contribution in [-0.4, -0.2) is 33.5 Å². The molecule has 6 heteroatoms. The van der Waals surface area contributed by atoms with E-state index in [0.717, 1.165) is 25.0 Å². The van der Waals surface area contributed by atoms with Crippen LogP contribution in [0.5, 0.6) is 0 Å². The number of nitrogens with one attached hydrogen (secondary N) is 1. The maximum absolute atomic E-state index is 11.8. The predicted octanol–water partition coefficient (Wildman–Crippen LogP) is 0.618. The van der Waals surface area contributed by atoms with Gasteiger partial charge in [0.1, 0.15) is 0 Å². The molecule has 6 nitrogen and oxygen atoms in total. The second kappa shape index (κ2) is 7.23. The summed E-state index contributed by atoms with van der Waals surface area (Å²) in [6.07, 6.45) is 9.06. The van der Waals surface area contributed by atoms with Gasteiger partial charge in [-0.05, 0) is 19.4 Å². The molecule has 0 radical (unpaired) electrons. The fourth-order valence-electron chi connectivity index (χ4n) is 2.47. The van der Waals surface area contributed by atoms with Crippen molar-refractivity contribution in [1.29, 1.82) is 0 Å². The van der Waals surface area contributed by atoms with Crippen molar-refractivity contribution in [2.45, 2.75) is 57.5 Å². The third-order valence-electron chi connectivity index (χ3n) is 3.52. The van der Waals surface area contributed by atoms with Gasteiger partial charge in [-0.3, -0.25) is 9.48 Å². The van der Waals surface area contributed by atoms with Crippen molar-refractivity contribution in [1.82, 2.24) is 20.3 Å². The molecule has 0 saturated heterocycles. The van der Waals surface area contributed by atoms with Gasteiger partial charge in [0.25, 0.3) is 0 Å². The number of carbonyl (C=O) groups is 1. The van der Waals surface area contributed by atoms with Crippen LogP contribution in [-0.2, 0) is 17.8 Å². The first-order valence-electron chi connectivity index (χ1n) is 7.16. The summed E-state index contributed by atoms with van der Waals surface area (Å²) in [5.74, 6) is 0.114. The fraction of sp³-hybridized carbons (Fsp3) is 0.769. The molecule has 0 aromatic carbocycles. The minimum atomic E-state index is 0.114. The Kier molecular flexibility index (Phi) is 5.32. The van der Waals surface area contributed by atoms with Crippen molar-refractivity contribution in [3.05, 3.63) is 11.9 Å². The summed E-state index contributed by atoms with van der Waals surface area (Å²) < 4.78 is 1.71. The predicted molar refractivity (Wildman–Crippen MR) is 72.4 cm³/mol. The lowest BCUT2D eigenvalue weighted by Crippen LogP contribution is -2.36. The highest BCUT2D eigenvalue weighted by Crippen LogP contribution is 2.17. The molecule has 1 fully saturated rings. The van der Waals surface area contributed by atoms with Crippen LogP contribution in [0.2, 0.25) is 0 Å². The Morgan fingerprint density at radius 2 is 2.21 bits per heavy atom. The highest BCUT2D eigenvalue weighted by Gasteiger charge is 2.15. The molecule has 0 atom stereocenters. The van der Waals surface area contributed by atoms with Crippen molar-refractivity contribution >= 4 is 5.91 Å². The van der Waals surface area contributed by atoms with E-state index in [1.54, 1.807) is 4.68 Å². The highest BCUT2D eigenvalue weighted by atomic mass is 16.1. The minimum absolute atomic E-state index is 0.114. The molecule has 1 aromatic heterocycles. The van der Waals surface area contributed by atoms with E-state index in [2.05, 4.69) is 15.6 Å². The molecule has 106 valence electrons. The smallest absolute Gasteiger partial charge is 0.222 e. The lowest BCUT2D eigenvalue weighted by atomic mass is 9.95. The molecule has 1 aromatic rings. The molecule has 19 heavy (non-hydrogen) atoms. The van der Waals surface area contributed by atoms with Gasteiger partial charge in [-0.1, -0.05) is 24.5 Å². The van der Waals surface area contributed by atoms with Gasteiger partial charge in [0, 0.05) is 25.1 Å². The standard InChI is InChI=1S/C13H23N5O/c14-8-6-12-10-18(17-16-12)9-7-13(19)15-11-4-2-1-3-5-11/h10-11H,1-9,14H2,(H,15,19). The van der Waals surface area contributed by atoms with E-state index < -0.39 is 0 Å². The zero-order valence-electron chi connectivity index (χ0n) is 11.3. The second-order valence-corrected chi connectivity index (χ2v) is 5.16. The van der Waals surface area contributed by atoms with Gasteiger partial charge in [-0.15, -0.1) is 5.10 Å². The van der Waals surface area contributed by atoms with E-state index in [9.17, 15) is 4.79 Å². The third-order valence-corrected chi connectivity index (χ3v) is 3.52. The Morgan fingerprint density at radius 3 is 2.95 bits per heavy atom. The first kappa shape index (κ1) is 14.0. The summed E-state index contributed by atoms with van der Waals surface area (Å²) in [6.45, 7) is 1.15. The molecule has 1 heterocycles. The number of nitrogens with zero attached hydrogens (tertiary/aromatic N) is 3. The molecular formula is C13H23N5O. The van der Waals surface area contributed by atoms with Crippen LogP contribution < -0.4 is 11.1 Å². The summed E-state index contributed by atoms with van der Waals surface area (Å²) in [5.41, 5.74) is 6.34. The van der Waals surface area contributed by atoms with Gasteiger partial charge in [-0.2, -0.15) is 0 Å². The van der Waals surface area contributed by atoms with Gasteiger partial charge < -0.3 is 11.1 Å². The van der Waals surface area contributed by atoms with Crippen molar-refractivity contribution in [3.8, 4) is 0 Å². The summed E-state index contributed by atoms with van der Waals surface area (Å²) in [6, 6.07) is 0.379. The number of aromatic nitrogens is 3. The van der Waals surface area contributed by atoms with Crippen LogP contribution in [0, 0.1) is 0 Å². The van der Waals surface area contributed by atoms with Crippen molar-refractivity contribution in [3.63, 3.8) is 0 Å². The first-order valence-corrected chi connectivity index (χ1v) is 7.16. The second-order valence-electron chi connectivity index (χ2n) is 5.16. The number of amides is 1. The van der Waals surface area contributed by atoms with Gasteiger partial charge in [-0.25, -0.2) is 0 Å². The third kappa shape index (κ3) is 4.63. The number of nitrogens with two attached hydrogens (primary N) is 1. The fourth-order valence-corrected chi connectivity index (χ4v) is 2.47. The Balaban J connectivity index is 1.69. The highest BCUT2D eigenvalue weighted by molar-refractivity contribution is 5.76. The van der Waals surface area contributed by atoms with Crippen LogP contribution in [0.4, 0.5) is 0 Å². The molecule has 0 spiro atoms. The van der Waals surface area contributed by atoms with Crippen LogP contribution in [0.15, 0.2) is 6.20 Å². The van der Waals surface area contributed by atoms with E-state index in [1.807, 2.05) is 6.20 Å². The number of hydrogen-bond donors (Lipinski definition) is 2. The lowest BCUT2D eigenvalue weighted by molar-refractivity contribution is -0.122. The van der Waals surface area contributed by atoms with E-state index in [1.165, 1.54) is 19.3 Å². The largest absolute Gasteiger partial charge is 0.353 e. The SMILES string of the molecule is NCCc1cn(CCC(=O)NC2CCCCC2)nn1. The summed E-state index contributed by atoms with van der Waals surface area (Å²) >= 11 is 0. The Hall–Kier alpha value is -1.43. The molecule has 0 aliphatic heterocycles. The topological polar surface area (TPSA) is 85.8 Å². The summed E-state index contributed by atoms with van der Waals surface area (Å²) in [7, 11) is 0. The van der Waals surface area contributed by atoms with Crippen molar-refractivity contribution < 1.29 is 4.79 Å². The molecule has 1 aliphatic rings. The van der Waals surface area contributed by atoms with Crippen molar-refractivity contribution in [2.75, 3.05) is 6.54 Å². The van der Waals surface area contributed by atoms with E-state index >= 15 is 0 Å². The van der Waals surface area contributed by atoms with Gasteiger partial charge >= 0.3 is 0 Å². The molecule has 1 amide bonds. The first-order chi connectivity index (χ1) is 9.28. The maximum atomic E-state index is 11.8. The van der Waals surface area contributed by atoms with Gasteiger partial charge in [0.2, 0.25) is 5.91 Å². The lowest BCUT2D eigenvalue weighted by Gasteiger charge is -2.22. The number of carbonyl (C=O) groups excluding carboxylic acids is 1. The number of rotatable bonds is 6. The molecule has 1 aliphatic carbocycles. The van der Waals surface area contributed by atoms with Crippen LogP contribution in [0.1, 0.15) is 44.2 Å². The average Bonchev–Trinajstić information content (AvgIpc) is 2.86. The molecular weight excluding hydrogens is 242 g/mol. The zero-order valence-corrected chi connectivity index (χ0v) is 11.3. The Labute approximate surface area is 113 Å². The summed E-state index contributed by atoms with van der Waals surface area (Å²) in [4.78, 5) is 11.8. The number of aryl methyl sites for hydroxylation is 1. The van der Waals surface area contributed by atoms with Crippen LogP contribution in [0.25, 0.3) is 0 Å². The van der Waals surface area contributed by atoms with Crippen LogP contribution in [0.3, 0.4) is 0 Å². The molecule has 2 rings (SSSR count). The van der Waals surface area contributed by atoms with Gasteiger partial charge in [0.15, 0.2) is 0 Å². The van der Waals surface area contributed by atoms with E-state index in [-0.39, 0.29) is 5.91 Å². The molecule has 0 unspecified atom stereocenters. The van der Waals surface area contributed by atoms with E-state index in [0.29, 0.717) is 25.6 Å². The molecule has 0 bridgehead atoms. The summed E-state index contributed by atoms with van der Waals surface area (Å²) in [5, 5.41) is 11.1. The monoisotopic (exact) mass is 265 g/mol. The maximum Gasteiger partial charge on any atom is 0.222 e. The van der Waals surface area contributed by atoms with E-state index in [4.69, 9.17) is 5.73 Å². The quantitative estimate of drug-likeness (QED) is 0.789. The van der Waals surface area contributed by atoms with Crippen molar-refractivity contribution in [2.24, 2.45) is 5.73 Å². The number of hydrogen-bond acceptors (Lipinski definition) is 4. The zero-order chi connectivity index (χ0) is 13.5. The Morgan fingerprint density at radius 1 is 1.42 bits per heavy atom. The molecule has 1 saturated carbocycles. The average molecular weight is 265 g/mol. The minimum Gasteiger partial charge on any atom is -0.353 e. The normalized spacial score (nSPS) is 16.5. The van der Waals surface area contributed by atoms with Gasteiger partial charge in [0.05, 0.1) is 12.2 Å². The molecule has 3 N–H and O–H groups in total.